The molecule has 1 atom stereocenters. The molecule has 2 aliphatic rings. The van der Waals surface area contributed by atoms with Gasteiger partial charge in [0.15, 0.2) is 5.78 Å². The average molecular weight is 281 g/mol. The van der Waals surface area contributed by atoms with Crippen molar-refractivity contribution in [3.63, 3.8) is 0 Å². The van der Waals surface area contributed by atoms with Gasteiger partial charge in [0.1, 0.15) is 0 Å². The Labute approximate surface area is 127 Å². The molecule has 0 amide bonds. The third-order valence-electron chi connectivity index (χ3n) is 4.36. The molecule has 1 heterocycles. The third-order valence-corrected chi connectivity index (χ3v) is 4.36. The Kier molecular flexibility index (Phi) is 4.05. The summed E-state index contributed by atoms with van der Waals surface area (Å²) in [5.41, 5.74) is 4.60. The van der Waals surface area contributed by atoms with Crippen molar-refractivity contribution < 1.29 is 4.79 Å². The zero-order valence-electron chi connectivity index (χ0n) is 12.9. The van der Waals surface area contributed by atoms with E-state index in [2.05, 4.69) is 38.1 Å². The minimum atomic E-state index is 0.222. The van der Waals surface area contributed by atoms with Crippen LogP contribution in [-0.4, -0.2) is 11.5 Å². The molecule has 1 aliphatic heterocycles. The summed E-state index contributed by atoms with van der Waals surface area (Å²) in [5, 5.41) is 0. The lowest BCUT2D eigenvalue weighted by molar-refractivity contribution is -0.116. The second-order valence-electron chi connectivity index (χ2n) is 6.58. The van der Waals surface area contributed by atoms with Gasteiger partial charge in [0.25, 0.3) is 0 Å². The van der Waals surface area contributed by atoms with Crippen molar-refractivity contribution in [1.29, 1.82) is 0 Å². The first kappa shape index (κ1) is 14.2. The lowest BCUT2D eigenvalue weighted by Gasteiger charge is -2.30. The molecule has 0 saturated carbocycles. The molecule has 2 heteroatoms. The zero-order valence-corrected chi connectivity index (χ0v) is 12.9. The zero-order chi connectivity index (χ0) is 14.8. The normalized spacial score (nSPS) is 22.3. The number of nitrogens with zero attached hydrogens (tertiary/aromatic N) is 1. The fourth-order valence-corrected chi connectivity index (χ4v) is 3.50. The van der Waals surface area contributed by atoms with Gasteiger partial charge < -0.3 is 0 Å². The van der Waals surface area contributed by atoms with E-state index in [0.717, 1.165) is 37.0 Å². The fourth-order valence-electron chi connectivity index (χ4n) is 3.50. The molecule has 0 saturated heterocycles. The second-order valence-corrected chi connectivity index (χ2v) is 6.58. The van der Waals surface area contributed by atoms with Gasteiger partial charge in [-0.3, -0.25) is 9.79 Å². The summed E-state index contributed by atoms with van der Waals surface area (Å²) in [4.78, 5) is 17.3. The maximum absolute atomic E-state index is 12.4. The van der Waals surface area contributed by atoms with Crippen molar-refractivity contribution in [1.82, 2.24) is 0 Å². The third kappa shape index (κ3) is 2.99. The van der Waals surface area contributed by atoms with E-state index in [1.807, 2.05) is 6.07 Å². The molecule has 1 aromatic rings. The number of Topliss-reactive ketones (excluding diaryl/α,β-unsaturated/α-hetero) is 1. The van der Waals surface area contributed by atoms with Crippen LogP contribution in [0.5, 0.6) is 0 Å². The van der Waals surface area contributed by atoms with Gasteiger partial charge in [-0.15, -0.1) is 0 Å². The summed E-state index contributed by atoms with van der Waals surface area (Å²) in [6, 6.07) is 10.5. The van der Waals surface area contributed by atoms with Crippen molar-refractivity contribution in [2.24, 2.45) is 10.9 Å². The number of ketones is 1. The SMILES string of the molecule is CC(C)CC1=NC2=C(C(=O)CCC2)C(c2ccccc2)C1. The van der Waals surface area contributed by atoms with Crippen LogP contribution >= 0.6 is 0 Å². The lowest BCUT2D eigenvalue weighted by atomic mass is 9.77. The molecule has 0 N–H and O–H groups in total. The maximum atomic E-state index is 12.4. The molecular formula is C19H23NO. The highest BCUT2D eigenvalue weighted by molar-refractivity contribution is 6.02. The number of allylic oxidation sites excluding steroid dienone is 2. The molecular weight excluding hydrogens is 258 g/mol. The average Bonchev–Trinajstić information content (AvgIpc) is 2.47. The van der Waals surface area contributed by atoms with Gasteiger partial charge in [0.05, 0.1) is 0 Å². The Morgan fingerprint density at radius 3 is 2.67 bits per heavy atom. The summed E-state index contributed by atoms with van der Waals surface area (Å²) >= 11 is 0. The van der Waals surface area contributed by atoms with E-state index in [-0.39, 0.29) is 5.92 Å². The van der Waals surface area contributed by atoms with Gasteiger partial charge in [-0.2, -0.15) is 0 Å². The van der Waals surface area contributed by atoms with Crippen LogP contribution in [0, 0.1) is 5.92 Å². The van der Waals surface area contributed by atoms with Crippen LogP contribution in [-0.2, 0) is 4.79 Å². The molecule has 2 nitrogen and oxygen atoms in total. The number of hydrogen-bond acceptors (Lipinski definition) is 2. The van der Waals surface area contributed by atoms with Crippen LogP contribution in [0.2, 0.25) is 0 Å². The van der Waals surface area contributed by atoms with Crippen molar-refractivity contribution in [3.05, 3.63) is 47.2 Å². The van der Waals surface area contributed by atoms with Gasteiger partial charge in [0, 0.05) is 29.3 Å². The van der Waals surface area contributed by atoms with E-state index in [1.165, 1.54) is 11.3 Å². The molecule has 1 unspecified atom stereocenters. The van der Waals surface area contributed by atoms with Gasteiger partial charge >= 0.3 is 0 Å². The first-order chi connectivity index (χ1) is 10.1. The Morgan fingerprint density at radius 2 is 1.95 bits per heavy atom. The van der Waals surface area contributed by atoms with Gasteiger partial charge in [-0.05, 0) is 37.2 Å². The minimum Gasteiger partial charge on any atom is -0.294 e. The Hall–Kier alpha value is -1.70. The number of hydrogen-bond donors (Lipinski definition) is 0. The molecule has 1 aliphatic carbocycles. The molecule has 110 valence electrons. The van der Waals surface area contributed by atoms with Gasteiger partial charge in [-0.25, -0.2) is 0 Å². The fraction of sp³-hybridized carbons (Fsp3) is 0.474. The summed E-state index contributed by atoms with van der Waals surface area (Å²) in [7, 11) is 0. The van der Waals surface area contributed by atoms with Crippen LogP contribution in [0.1, 0.15) is 57.4 Å². The topological polar surface area (TPSA) is 29.4 Å². The predicted molar refractivity (Wildman–Crippen MR) is 86.6 cm³/mol. The van der Waals surface area contributed by atoms with Crippen molar-refractivity contribution in [2.75, 3.05) is 0 Å². The first-order valence-corrected chi connectivity index (χ1v) is 8.02. The number of rotatable bonds is 3. The Bertz CT molecular complexity index is 595. The molecule has 0 bridgehead atoms. The van der Waals surface area contributed by atoms with E-state index in [4.69, 9.17) is 4.99 Å². The quantitative estimate of drug-likeness (QED) is 0.791. The minimum absolute atomic E-state index is 0.222. The molecule has 0 spiro atoms. The van der Waals surface area contributed by atoms with Crippen molar-refractivity contribution >= 4 is 11.5 Å². The summed E-state index contributed by atoms with van der Waals surface area (Å²) < 4.78 is 0. The number of carbonyl (C=O) groups is 1. The summed E-state index contributed by atoms with van der Waals surface area (Å²) in [6.07, 6.45) is 4.56. The predicted octanol–water partition coefficient (Wildman–Crippen LogP) is 4.67. The van der Waals surface area contributed by atoms with E-state index >= 15 is 0 Å². The standard InChI is InChI=1S/C19H23NO/c1-13(2)11-15-12-16(14-7-4-3-5-8-14)19-17(20-15)9-6-10-18(19)21/h3-5,7-8,13,16H,6,9-12H2,1-2H3. The van der Waals surface area contributed by atoms with Gasteiger partial charge in [0.2, 0.25) is 0 Å². The largest absolute Gasteiger partial charge is 0.294 e. The molecule has 3 rings (SSSR count). The smallest absolute Gasteiger partial charge is 0.161 e. The van der Waals surface area contributed by atoms with E-state index < -0.39 is 0 Å². The summed E-state index contributed by atoms with van der Waals surface area (Å²) in [6.45, 7) is 4.46. The lowest BCUT2D eigenvalue weighted by Crippen LogP contribution is -2.24. The van der Waals surface area contributed by atoms with Crippen LogP contribution in [0.4, 0.5) is 0 Å². The molecule has 1 aromatic carbocycles. The monoisotopic (exact) mass is 281 g/mol. The molecule has 0 aromatic heterocycles. The highest BCUT2D eigenvalue weighted by Crippen LogP contribution is 2.40. The van der Waals surface area contributed by atoms with Crippen LogP contribution < -0.4 is 0 Å². The Morgan fingerprint density at radius 1 is 1.19 bits per heavy atom. The van der Waals surface area contributed by atoms with Gasteiger partial charge in [-0.1, -0.05) is 44.2 Å². The van der Waals surface area contributed by atoms with E-state index in [0.29, 0.717) is 18.1 Å². The number of aliphatic imine (C=N–C) groups is 1. The first-order valence-electron chi connectivity index (χ1n) is 8.02. The van der Waals surface area contributed by atoms with Crippen LogP contribution in [0.3, 0.4) is 0 Å². The highest BCUT2D eigenvalue weighted by atomic mass is 16.1. The van der Waals surface area contributed by atoms with Crippen molar-refractivity contribution in [2.45, 2.75) is 51.9 Å². The Balaban J connectivity index is 2.01. The van der Waals surface area contributed by atoms with E-state index in [9.17, 15) is 4.79 Å². The number of carbonyl (C=O) groups excluding carboxylic acids is 1. The number of benzene rings is 1. The van der Waals surface area contributed by atoms with Crippen LogP contribution in [0.25, 0.3) is 0 Å². The molecule has 0 fully saturated rings. The second kappa shape index (κ2) is 5.97. The van der Waals surface area contributed by atoms with Crippen LogP contribution in [0.15, 0.2) is 46.6 Å². The van der Waals surface area contributed by atoms with E-state index in [1.54, 1.807) is 0 Å². The summed E-state index contributed by atoms with van der Waals surface area (Å²) in [5.74, 6) is 1.15. The molecule has 0 radical (unpaired) electrons. The molecule has 21 heavy (non-hydrogen) atoms. The highest BCUT2D eigenvalue weighted by Gasteiger charge is 2.32. The van der Waals surface area contributed by atoms with Crippen molar-refractivity contribution in [3.8, 4) is 0 Å². The maximum Gasteiger partial charge on any atom is 0.161 e.